The average molecular weight is 583 g/mol. The summed E-state index contributed by atoms with van der Waals surface area (Å²) in [6.07, 6.45) is 19.7. The number of hydrogen-bond acceptors (Lipinski definition) is 0. The molecule has 2 rings (SSSR count). The summed E-state index contributed by atoms with van der Waals surface area (Å²) < 4.78 is 0. The molecule has 0 aliphatic heterocycles. The van der Waals surface area contributed by atoms with Crippen LogP contribution in [0.15, 0.2) is 35.5 Å². The van der Waals surface area contributed by atoms with Crippen molar-refractivity contribution in [2.45, 2.75) is 53.4 Å². The quantitative estimate of drug-likeness (QED) is 0.259. The van der Waals surface area contributed by atoms with E-state index in [4.69, 9.17) is 0 Å². The third-order valence-corrected chi connectivity index (χ3v) is 2.79. The number of hydrogen-bond donors (Lipinski definition) is 0. The monoisotopic (exact) mass is 582 g/mol. The summed E-state index contributed by atoms with van der Waals surface area (Å²) in [6.45, 7) is 8.95. The largest absolute Gasteiger partial charge is 0.269 e. The topological polar surface area (TPSA) is 0 Å². The Morgan fingerprint density at radius 3 is 1.33 bits per heavy atom. The molecule has 0 saturated heterocycles. The Bertz CT molecular complexity index is 327. The van der Waals surface area contributed by atoms with Crippen LogP contribution in [0.3, 0.4) is 0 Å². The fourth-order valence-corrected chi connectivity index (χ4v) is 2.06. The van der Waals surface area contributed by atoms with Gasteiger partial charge in [-0.05, 0) is 11.8 Å². The van der Waals surface area contributed by atoms with Gasteiger partial charge in [0.05, 0.1) is 0 Å². The molecule has 0 spiro atoms. The molecule has 3 heteroatoms. The molecule has 0 fully saturated rings. The Balaban J connectivity index is -0.000000270. The maximum atomic E-state index is 3.29. The van der Waals surface area contributed by atoms with Crippen LogP contribution in [0.1, 0.15) is 53.4 Å². The molecule has 0 amide bonds. The fourth-order valence-electron chi connectivity index (χ4n) is 2.06. The van der Waals surface area contributed by atoms with Gasteiger partial charge < -0.3 is 0 Å². The van der Waals surface area contributed by atoms with Crippen molar-refractivity contribution in [3.63, 3.8) is 0 Å². The van der Waals surface area contributed by atoms with Crippen molar-refractivity contribution >= 4 is 34.0 Å². The summed E-state index contributed by atoms with van der Waals surface area (Å²) in [5.41, 5.74) is 2.79. The molecule has 2 aliphatic carbocycles. The Labute approximate surface area is 171 Å². The van der Waals surface area contributed by atoms with E-state index >= 15 is 0 Å². The Kier molecular flexibility index (Phi) is 19.9. The van der Waals surface area contributed by atoms with Crippen molar-refractivity contribution in [1.29, 1.82) is 0 Å². The molecule has 0 nitrogen and oxygen atoms in total. The van der Waals surface area contributed by atoms with Gasteiger partial charge >= 0.3 is 0 Å². The van der Waals surface area contributed by atoms with Gasteiger partial charge in [0.25, 0.3) is 0 Å². The predicted octanol–water partition coefficient (Wildman–Crippen LogP) is 6.60. The van der Waals surface area contributed by atoms with E-state index in [1.165, 1.54) is 24.0 Å². The minimum Gasteiger partial charge on any atom is -0.269 e. The smallest absolute Gasteiger partial charge is 0 e. The number of allylic oxidation sites excluding steroid dienone is 8. The molecule has 120 valence electrons. The summed E-state index contributed by atoms with van der Waals surface area (Å²) in [5.74, 6) is 1.55. The molecule has 21 heavy (non-hydrogen) atoms. The van der Waals surface area contributed by atoms with E-state index in [1.54, 1.807) is 0 Å². The first-order chi connectivity index (χ1) is 8.58. The zero-order valence-corrected chi connectivity index (χ0v) is 20.6. The number of halogens is 2. The third kappa shape index (κ3) is 14.1. The fraction of sp³-hybridized carbons (Fsp3) is 0.556. The van der Waals surface area contributed by atoms with E-state index in [9.17, 15) is 0 Å². The molecule has 2 aliphatic rings. The van der Waals surface area contributed by atoms with E-state index in [0.29, 0.717) is 0 Å². The normalized spacial score (nSPS) is 14.6. The molecule has 0 atom stereocenters. The summed E-state index contributed by atoms with van der Waals surface area (Å²) >= 11 is 0. The van der Waals surface area contributed by atoms with Crippen LogP contribution in [0.2, 0.25) is 0 Å². The van der Waals surface area contributed by atoms with Crippen LogP contribution in [0.4, 0.5) is 0 Å². The van der Waals surface area contributed by atoms with Gasteiger partial charge in [-0.2, -0.15) is 12.2 Å². The first kappa shape index (κ1) is 26.7. The Morgan fingerprint density at radius 1 is 0.810 bits per heavy atom. The van der Waals surface area contributed by atoms with Crippen molar-refractivity contribution < 1.29 is 25.8 Å². The SMILES string of the molecule is Br.Br.CC(C)CC1=[C-]CC=C1.CC(C)CC1=[C-]CC=C1.[Hf]. The van der Waals surface area contributed by atoms with E-state index in [2.05, 4.69) is 64.2 Å². The molecule has 0 aromatic heterocycles. The van der Waals surface area contributed by atoms with Crippen LogP contribution in [0, 0.1) is 24.0 Å². The second kappa shape index (κ2) is 15.7. The zero-order chi connectivity index (χ0) is 13.4. The summed E-state index contributed by atoms with van der Waals surface area (Å²) in [4.78, 5) is 0. The van der Waals surface area contributed by atoms with Gasteiger partial charge in [-0.3, -0.25) is 12.2 Å². The summed E-state index contributed by atoms with van der Waals surface area (Å²) in [7, 11) is 0. The Morgan fingerprint density at radius 2 is 1.14 bits per heavy atom. The van der Waals surface area contributed by atoms with Gasteiger partial charge in [0, 0.05) is 25.8 Å². The standard InChI is InChI=1S/2C9H13.2BrH.Hf/c2*1-8(2)7-9-5-3-4-6-9;;;/h2*3,5,8H,4,7H2,1-2H3;2*1H;/q2*-1;;;. The maximum absolute atomic E-state index is 3.29. The van der Waals surface area contributed by atoms with E-state index < -0.39 is 0 Å². The molecule has 0 bridgehead atoms. The van der Waals surface area contributed by atoms with Crippen LogP contribution in [0.25, 0.3) is 0 Å². The molecular weight excluding hydrogens is 554 g/mol. The van der Waals surface area contributed by atoms with E-state index in [0.717, 1.165) is 24.7 Å². The average Bonchev–Trinajstić information content (AvgIpc) is 2.90. The maximum Gasteiger partial charge on any atom is 0 e. The van der Waals surface area contributed by atoms with Crippen LogP contribution >= 0.6 is 34.0 Å². The summed E-state index contributed by atoms with van der Waals surface area (Å²) in [5, 5.41) is 0. The number of rotatable bonds is 4. The molecule has 0 unspecified atom stereocenters. The van der Waals surface area contributed by atoms with Gasteiger partial charge in [0.2, 0.25) is 0 Å². The molecule has 0 radical (unpaired) electrons. The molecule has 0 aromatic rings. The minimum absolute atomic E-state index is 0. The first-order valence-corrected chi connectivity index (χ1v) is 7.10. The first-order valence-electron chi connectivity index (χ1n) is 7.10. The summed E-state index contributed by atoms with van der Waals surface area (Å²) in [6, 6.07) is 0. The van der Waals surface area contributed by atoms with Crippen LogP contribution in [-0.2, 0) is 25.8 Å². The zero-order valence-electron chi connectivity index (χ0n) is 13.6. The van der Waals surface area contributed by atoms with Crippen molar-refractivity contribution in [1.82, 2.24) is 0 Å². The minimum atomic E-state index is 0. The van der Waals surface area contributed by atoms with Crippen LogP contribution in [0.5, 0.6) is 0 Å². The van der Waals surface area contributed by atoms with Crippen molar-refractivity contribution in [3.05, 3.63) is 47.6 Å². The van der Waals surface area contributed by atoms with E-state index in [1.807, 2.05) is 0 Å². The second-order valence-electron chi connectivity index (χ2n) is 5.81. The van der Waals surface area contributed by atoms with Crippen LogP contribution in [-0.4, -0.2) is 0 Å². The molecule has 0 aromatic carbocycles. The van der Waals surface area contributed by atoms with Crippen molar-refractivity contribution in [3.8, 4) is 0 Å². The van der Waals surface area contributed by atoms with Gasteiger partial charge in [-0.1, -0.05) is 40.5 Å². The second-order valence-corrected chi connectivity index (χ2v) is 5.81. The molecule has 0 heterocycles. The van der Waals surface area contributed by atoms with Gasteiger partial charge in [-0.15, -0.1) is 46.8 Å². The van der Waals surface area contributed by atoms with Gasteiger partial charge in [0.1, 0.15) is 0 Å². The third-order valence-electron chi connectivity index (χ3n) is 2.79. The molecular formula is C18H28Br2Hf-2. The van der Waals surface area contributed by atoms with E-state index in [-0.39, 0.29) is 59.8 Å². The predicted molar refractivity (Wildman–Crippen MR) is 101 cm³/mol. The van der Waals surface area contributed by atoms with Crippen LogP contribution < -0.4 is 0 Å². The van der Waals surface area contributed by atoms with Crippen molar-refractivity contribution in [2.75, 3.05) is 0 Å². The molecule has 0 N–H and O–H groups in total. The van der Waals surface area contributed by atoms with Gasteiger partial charge in [0.15, 0.2) is 0 Å². The van der Waals surface area contributed by atoms with Gasteiger partial charge in [-0.25, -0.2) is 23.3 Å². The molecule has 0 saturated carbocycles. The van der Waals surface area contributed by atoms with Crippen molar-refractivity contribution in [2.24, 2.45) is 11.8 Å². The Hall–Kier alpha value is 0.790.